The second-order valence-corrected chi connectivity index (χ2v) is 9.47. The van der Waals surface area contributed by atoms with Crippen molar-refractivity contribution in [3.8, 4) is 11.1 Å². The molecule has 4 aromatic rings. The molecule has 0 radical (unpaired) electrons. The first kappa shape index (κ1) is 26.7. The highest BCUT2D eigenvalue weighted by Crippen LogP contribution is 2.33. The van der Waals surface area contributed by atoms with Gasteiger partial charge >= 0.3 is 5.97 Å². The summed E-state index contributed by atoms with van der Waals surface area (Å²) in [6.45, 7) is 3.40. The number of anilines is 3. The molecule has 1 aliphatic rings. The highest BCUT2D eigenvalue weighted by atomic mass is 16.5. The van der Waals surface area contributed by atoms with E-state index in [2.05, 4.69) is 5.32 Å². The molecule has 0 atom stereocenters. The molecule has 1 aliphatic heterocycles. The first-order valence-corrected chi connectivity index (χ1v) is 13.4. The largest absolute Gasteiger partial charge is 0.465 e. The number of rotatable bonds is 7. The molecule has 4 aromatic carbocycles. The summed E-state index contributed by atoms with van der Waals surface area (Å²) in [4.78, 5) is 42.7. The number of ether oxygens (including phenoxy) is 1. The van der Waals surface area contributed by atoms with Gasteiger partial charge in [0, 0.05) is 29.9 Å². The Morgan fingerprint density at radius 1 is 0.775 bits per heavy atom. The summed E-state index contributed by atoms with van der Waals surface area (Å²) in [5.74, 6) is -0.652. The van der Waals surface area contributed by atoms with Gasteiger partial charge in [0.25, 0.3) is 11.8 Å². The zero-order valence-electron chi connectivity index (χ0n) is 22.4. The maximum absolute atomic E-state index is 13.6. The Hall–Kier alpha value is -4.91. The lowest BCUT2D eigenvalue weighted by Crippen LogP contribution is -2.31. The van der Waals surface area contributed by atoms with Crippen molar-refractivity contribution in [1.82, 2.24) is 0 Å². The maximum Gasteiger partial charge on any atom is 0.325 e. The number of nitrogens with one attached hydrogen (secondary N) is 1. The van der Waals surface area contributed by atoms with Gasteiger partial charge in [-0.3, -0.25) is 14.4 Å². The van der Waals surface area contributed by atoms with E-state index in [9.17, 15) is 14.4 Å². The summed E-state index contributed by atoms with van der Waals surface area (Å²) < 4.78 is 5.15. The van der Waals surface area contributed by atoms with Gasteiger partial charge in [-0.25, -0.2) is 0 Å². The first-order chi connectivity index (χ1) is 19.5. The smallest absolute Gasteiger partial charge is 0.325 e. The van der Waals surface area contributed by atoms with Crippen molar-refractivity contribution < 1.29 is 19.1 Å². The predicted molar refractivity (Wildman–Crippen MR) is 158 cm³/mol. The van der Waals surface area contributed by atoms with Crippen LogP contribution in [0.2, 0.25) is 0 Å². The Kier molecular flexibility index (Phi) is 8.21. The van der Waals surface area contributed by atoms with E-state index in [4.69, 9.17) is 4.74 Å². The summed E-state index contributed by atoms with van der Waals surface area (Å²) in [5.41, 5.74) is 5.07. The topological polar surface area (TPSA) is 79.0 Å². The van der Waals surface area contributed by atoms with E-state index in [1.165, 1.54) is 0 Å². The molecule has 0 aromatic heterocycles. The summed E-state index contributed by atoms with van der Waals surface area (Å²) in [7, 11) is 0. The van der Waals surface area contributed by atoms with Crippen molar-refractivity contribution in [1.29, 1.82) is 0 Å². The maximum atomic E-state index is 13.6. The van der Waals surface area contributed by atoms with Crippen molar-refractivity contribution in [2.45, 2.75) is 13.3 Å². The quantitative estimate of drug-likeness (QED) is 0.294. The van der Waals surface area contributed by atoms with Crippen molar-refractivity contribution >= 4 is 34.8 Å². The number of hydrogen-bond acceptors (Lipinski definition) is 5. The minimum atomic E-state index is -0.291. The molecule has 40 heavy (non-hydrogen) atoms. The fourth-order valence-electron chi connectivity index (χ4n) is 4.96. The number of carbonyl (C=O) groups excluding carboxylic acids is 3. The van der Waals surface area contributed by atoms with Gasteiger partial charge in [-0.05, 0) is 66.9 Å². The lowest BCUT2D eigenvalue weighted by Gasteiger charge is -2.26. The van der Waals surface area contributed by atoms with Crippen LogP contribution < -0.4 is 15.1 Å². The van der Waals surface area contributed by atoms with E-state index in [1.807, 2.05) is 77.7 Å². The van der Waals surface area contributed by atoms with E-state index < -0.39 is 0 Å². The van der Waals surface area contributed by atoms with Crippen molar-refractivity contribution in [2.75, 3.05) is 41.4 Å². The Morgan fingerprint density at radius 2 is 1.45 bits per heavy atom. The van der Waals surface area contributed by atoms with Gasteiger partial charge in [0.05, 0.1) is 18.0 Å². The molecule has 0 bridgehead atoms. The van der Waals surface area contributed by atoms with Gasteiger partial charge < -0.3 is 19.9 Å². The van der Waals surface area contributed by atoms with Crippen LogP contribution in [0, 0.1) is 0 Å². The number of carbonyl (C=O) groups is 3. The van der Waals surface area contributed by atoms with Crippen LogP contribution in [0.5, 0.6) is 0 Å². The van der Waals surface area contributed by atoms with Crippen LogP contribution in [0.25, 0.3) is 11.1 Å². The average molecular weight is 534 g/mol. The highest BCUT2D eigenvalue weighted by Gasteiger charge is 2.26. The van der Waals surface area contributed by atoms with E-state index in [1.54, 1.807) is 42.2 Å². The Bertz CT molecular complexity index is 1500. The third-order valence-electron chi connectivity index (χ3n) is 6.84. The van der Waals surface area contributed by atoms with E-state index in [0.717, 1.165) is 22.5 Å². The van der Waals surface area contributed by atoms with Gasteiger partial charge in [0.2, 0.25) is 0 Å². The van der Waals surface area contributed by atoms with Crippen molar-refractivity contribution in [3.63, 3.8) is 0 Å². The SMILES string of the molecule is CCOC(=O)CN1CCCN(C(=O)c2ccc(NC(=O)c3ccccc3-c3ccccc3)cc2)c2ccccc21. The molecule has 0 unspecified atom stereocenters. The van der Waals surface area contributed by atoms with Gasteiger partial charge in [-0.15, -0.1) is 0 Å². The molecule has 7 nitrogen and oxygen atoms in total. The average Bonchev–Trinajstić information content (AvgIpc) is 3.17. The normalized spacial score (nSPS) is 12.7. The van der Waals surface area contributed by atoms with Crippen molar-refractivity contribution in [2.24, 2.45) is 0 Å². The third kappa shape index (κ3) is 5.89. The molecule has 1 heterocycles. The fraction of sp³-hybridized carbons (Fsp3) is 0.182. The number of fused-ring (bicyclic) bond motifs is 1. The van der Waals surface area contributed by atoms with E-state index in [-0.39, 0.29) is 24.3 Å². The second-order valence-electron chi connectivity index (χ2n) is 9.47. The molecular formula is C33H31N3O4. The standard InChI is InChI=1S/C33H31N3O4/c1-2-40-31(37)23-35-21-10-22-36(30-16-9-8-15-29(30)35)33(39)25-17-19-26(20-18-25)34-32(38)28-14-7-6-13-27(28)24-11-4-3-5-12-24/h3-9,11-20H,2,10,21-23H2,1H3,(H,34,38). The summed E-state index contributed by atoms with van der Waals surface area (Å²) in [6.07, 6.45) is 0.703. The number of nitrogens with zero attached hydrogens (tertiary/aromatic N) is 2. The summed E-state index contributed by atoms with van der Waals surface area (Å²) in [6, 6.07) is 31.8. The molecule has 1 N–H and O–H groups in total. The Labute approximate surface area is 234 Å². The molecule has 0 saturated carbocycles. The summed E-state index contributed by atoms with van der Waals surface area (Å²) in [5, 5.41) is 2.96. The molecule has 2 amide bonds. The molecule has 5 rings (SSSR count). The zero-order chi connectivity index (χ0) is 27.9. The monoisotopic (exact) mass is 533 g/mol. The van der Waals surface area contributed by atoms with Crippen LogP contribution in [-0.2, 0) is 9.53 Å². The number of hydrogen-bond donors (Lipinski definition) is 1. The molecule has 0 fully saturated rings. The molecule has 7 heteroatoms. The second kappa shape index (κ2) is 12.3. The molecule has 0 aliphatic carbocycles. The Morgan fingerprint density at radius 3 is 2.20 bits per heavy atom. The number of benzene rings is 4. The highest BCUT2D eigenvalue weighted by molar-refractivity contribution is 6.10. The minimum absolute atomic E-state index is 0.134. The number of para-hydroxylation sites is 2. The molecule has 0 spiro atoms. The van der Waals surface area contributed by atoms with Crippen LogP contribution in [-0.4, -0.2) is 44.0 Å². The zero-order valence-corrected chi connectivity index (χ0v) is 22.4. The van der Waals surface area contributed by atoms with E-state index in [0.29, 0.717) is 42.9 Å². The first-order valence-electron chi connectivity index (χ1n) is 13.4. The molecular weight excluding hydrogens is 502 g/mol. The van der Waals surface area contributed by atoms with Crippen LogP contribution >= 0.6 is 0 Å². The number of esters is 1. The van der Waals surface area contributed by atoms with Crippen LogP contribution in [0.15, 0.2) is 103 Å². The lowest BCUT2D eigenvalue weighted by atomic mass is 9.99. The van der Waals surface area contributed by atoms with Crippen LogP contribution in [0.3, 0.4) is 0 Å². The van der Waals surface area contributed by atoms with Gasteiger partial charge in [-0.1, -0.05) is 60.7 Å². The predicted octanol–water partition coefficient (Wildman–Crippen LogP) is 6.03. The fourth-order valence-corrected chi connectivity index (χ4v) is 4.96. The van der Waals surface area contributed by atoms with Crippen LogP contribution in [0.4, 0.5) is 17.1 Å². The van der Waals surface area contributed by atoms with Crippen LogP contribution in [0.1, 0.15) is 34.1 Å². The minimum Gasteiger partial charge on any atom is -0.465 e. The lowest BCUT2D eigenvalue weighted by molar-refractivity contribution is -0.141. The van der Waals surface area contributed by atoms with Crippen molar-refractivity contribution in [3.05, 3.63) is 114 Å². The third-order valence-corrected chi connectivity index (χ3v) is 6.84. The van der Waals surface area contributed by atoms with Gasteiger partial charge in [0.15, 0.2) is 0 Å². The molecule has 202 valence electrons. The van der Waals surface area contributed by atoms with Gasteiger partial charge in [-0.2, -0.15) is 0 Å². The Balaban J connectivity index is 1.32. The van der Waals surface area contributed by atoms with E-state index >= 15 is 0 Å². The summed E-state index contributed by atoms with van der Waals surface area (Å²) >= 11 is 0. The van der Waals surface area contributed by atoms with Gasteiger partial charge in [0.1, 0.15) is 6.54 Å². The number of amides is 2. The molecule has 0 saturated heterocycles.